The van der Waals surface area contributed by atoms with Crippen molar-refractivity contribution >= 4 is 29.6 Å². The predicted molar refractivity (Wildman–Crippen MR) is 124 cm³/mol. The molecule has 1 fully saturated rings. The molecule has 0 aliphatic carbocycles. The molecule has 1 heterocycles. The highest BCUT2D eigenvalue weighted by atomic mass is 16.4. The van der Waals surface area contributed by atoms with Gasteiger partial charge in [-0.15, -0.1) is 0 Å². The minimum atomic E-state index is -1.44. The van der Waals surface area contributed by atoms with Crippen LogP contribution in [0.25, 0.3) is 0 Å². The summed E-state index contributed by atoms with van der Waals surface area (Å²) in [6.07, 6.45) is -0.522. The van der Waals surface area contributed by atoms with Gasteiger partial charge < -0.3 is 37.2 Å². The Balaban J connectivity index is 2.06. The average Bonchev–Trinajstić information content (AvgIpc) is 3.30. The van der Waals surface area contributed by atoms with Gasteiger partial charge in [-0.25, -0.2) is 4.79 Å². The highest BCUT2D eigenvalue weighted by Crippen LogP contribution is 2.19. The molecule has 0 aromatic heterocycles. The van der Waals surface area contributed by atoms with E-state index in [1.165, 1.54) is 11.8 Å². The average molecular weight is 492 g/mol. The minimum Gasteiger partial charge on any atom is -0.480 e. The molecule has 0 bridgehead atoms. The van der Waals surface area contributed by atoms with E-state index in [2.05, 4.69) is 10.6 Å². The first kappa shape index (κ1) is 27.7. The first-order valence-electron chi connectivity index (χ1n) is 11.4. The van der Waals surface area contributed by atoms with Gasteiger partial charge in [0.1, 0.15) is 18.1 Å². The van der Waals surface area contributed by atoms with Crippen LogP contribution in [0.3, 0.4) is 0 Å². The van der Waals surface area contributed by atoms with Crippen LogP contribution < -0.4 is 22.1 Å². The summed E-state index contributed by atoms with van der Waals surface area (Å²) >= 11 is 0. The minimum absolute atomic E-state index is 0.0104. The van der Waals surface area contributed by atoms with E-state index in [0.29, 0.717) is 18.4 Å². The van der Waals surface area contributed by atoms with Crippen LogP contribution in [-0.4, -0.2) is 81.5 Å². The molecule has 12 nitrogen and oxygen atoms in total. The number of primary amides is 1. The molecule has 35 heavy (non-hydrogen) atoms. The molecule has 2 rings (SSSR count). The lowest BCUT2D eigenvalue weighted by Crippen LogP contribution is -2.59. The summed E-state index contributed by atoms with van der Waals surface area (Å²) in [4.78, 5) is 62.4. The number of hydrogen-bond donors (Lipinski definition) is 6. The molecule has 0 radical (unpaired) electrons. The predicted octanol–water partition coefficient (Wildman–Crippen LogP) is -1.75. The van der Waals surface area contributed by atoms with Crippen molar-refractivity contribution in [2.75, 3.05) is 6.54 Å². The molecule has 5 unspecified atom stereocenters. The molecule has 1 aromatic rings. The summed E-state index contributed by atoms with van der Waals surface area (Å²) < 4.78 is 0. The summed E-state index contributed by atoms with van der Waals surface area (Å²) in [6.45, 7) is 1.56. The number of likely N-dealkylation sites (tertiary alicyclic amines) is 1. The fourth-order valence-electron chi connectivity index (χ4n) is 3.90. The Morgan fingerprint density at radius 2 is 1.80 bits per heavy atom. The van der Waals surface area contributed by atoms with Crippen molar-refractivity contribution in [3.8, 4) is 0 Å². The standard InChI is InChI=1S/C23H33N5O7/c1-13(29)19(21(32)26-16(23(34)35)12-14-6-3-2-4-7-14)27-20(31)17-8-5-11-28(17)22(33)15(24)9-10-18(25)30/h2-4,6-7,13,15-17,19,29H,5,8-12,24H2,1H3,(H2,25,30)(H,26,32)(H,27,31)(H,34,35). The van der Waals surface area contributed by atoms with Crippen LogP contribution in [0.2, 0.25) is 0 Å². The second-order valence-electron chi connectivity index (χ2n) is 8.62. The molecule has 5 atom stereocenters. The van der Waals surface area contributed by atoms with E-state index in [4.69, 9.17) is 11.5 Å². The Bertz CT molecular complexity index is 924. The number of carbonyl (C=O) groups excluding carboxylic acids is 4. The molecule has 12 heteroatoms. The molecule has 1 saturated heterocycles. The van der Waals surface area contributed by atoms with Gasteiger partial charge in [0, 0.05) is 19.4 Å². The van der Waals surface area contributed by atoms with E-state index in [0.717, 1.165) is 0 Å². The lowest BCUT2D eigenvalue weighted by atomic mass is 10.0. The largest absolute Gasteiger partial charge is 0.480 e. The Kier molecular flexibility index (Phi) is 10.2. The quantitative estimate of drug-likeness (QED) is 0.197. The third-order valence-electron chi connectivity index (χ3n) is 5.82. The highest BCUT2D eigenvalue weighted by Gasteiger charge is 2.38. The van der Waals surface area contributed by atoms with Crippen LogP contribution in [0.15, 0.2) is 30.3 Å². The number of rotatable bonds is 12. The number of benzene rings is 1. The monoisotopic (exact) mass is 491 g/mol. The van der Waals surface area contributed by atoms with Gasteiger partial charge in [-0.1, -0.05) is 30.3 Å². The number of aliphatic hydroxyl groups is 1. The van der Waals surface area contributed by atoms with Crippen LogP contribution >= 0.6 is 0 Å². The number of carboxylic acids is 1. The van der Waals surface area contributed by atoms with Crippen molar-refractivity contribution in [3.05, 3.63) is 35.9 Å². The van der Waals surface area contributed by atoms with Crippen LogP contribution in [0.1, 0.15) is 38.2 Å². The zero-order chi connectivity index (χ0) is 26.1. The number of hydrogen-bond acceptors (Lipinski definition) is 7. The molecule has 0 spiro atoms. The third-order valence-corrected chi connectivity index (χ3v) is 5.82. The van der Waals surface area contributed by atoms with E-state index in [1.54, 1.807) is 30.3 Å². The summed E-state index contributed by atoms with van der Waals surface area (Å²) in [7, 11) is 0. The topological polar surface area (TPSA) is 205 Å². The second-order valence-corrected chi connectivity index (χ2v) is 8.62. The number of aliphatic hydroxyl groups excluding tert-OH is 1. The SMILES string of the molecule is CC(O)C(NC(=O)C1CCCN1C(=O)C(N)CCC(N)=O)C(=O)NC(Cc1ccccc1)C(=O)O. The van der Waals surface area contributed by atoms with Gasteiger partial charge in [0.2, 0.25) is 23.6 Å². The first-order valence-corrected chi connectivity index (χ1v) is 11.4. The maximum atomic E-state index is 13.0. The van der Waals surface area contributed by atoms with Gasteiger partial charge in [-0.2, -0.15) is 0 Å². The van der Waals surface area contributed by atoms with E-state index < -0.39 is 59.9 Å². The molecule has 1 aliphatic heterocycles. The van der Waals surface area contributed by atoms with Gasteiger partial charge in [-0.3, -0.25) is 19.2 Å². The van der Waals surface area contributed by atoms with E-state index >= 15 is 0 Å². The number of aliphatic carboxylic acids is 1. The normalized spacial score (nSPS) is 18.7. The fourth-order valence-corrected chi connectivity index (χ4v) is 3.90. The maximum absolute atomic E-state index is 13.0. The number of nitrogens with two attached hydrogens (primary N) is 2. The summed E-state index contributed by atoms with van der Waals surface area (Å²) in [5.74, 6) is -3.92. The van der Waals surface area contributed by atoms with Crippen LogP contribution in [0.4, 0.5) is 0 Å². The lowest BCUT2D eigenvalue weighted by molar-refractivity contribution is -0.144. The van der Waals surface area contributed by atoms with Crippen molar-refractivity contribution in [2.24, 2.45) is 11.5 Å². The second kappa shape index (κ2) is 12.8. The third kappa shape index (κ3) is 8.04. The van der Waals surface area contributed by atoms with Crippen molar-refractivity contribution in [1.29, 1.82) is 0 Å². The van der Waals surface area contributed by atoms with Gasteiger partial charge in [0.25, 0.3) is 0 Å². The highest BCUT2D eigenvalue weighted by molar-refractivity contribution is 5.94. The maximum Gasteiger partial charge on any atom is 0.326 e. The van der Waals surface area contributed by atoms with Crippen LogP contribution in [-0.2, 0) is 30.4 Å². The number of amides is 4. The van der Waals surface area contributed by atoms with Crippen molar-refractivity contribution in [3.63, 3.8) is 0 Å². The Labute approximate surface area is 203 Å². The zero-order valence-corrected chi connectivity index (χ0v) is 19.6. The number of nitrogens with zero attached hydrogens (tertiary/aromatic N) is 1. The van der Waals surface area contributed by atoms with Crippen LogP contribution in [0.5, 0.6) is 0 Å². The summed E-state index contributed by atoms with van der Waals surface area (Å²) in [5.41, 5.74) is 11.6. The first-order chi connectivity index (χ1) is 16.5. The zero-order valence-electron chi connectivity index (χ0n) is 19.6. The number of nitrogens with one attached hydrogen (secondary N) is 2. The van der Waals surface area contributed by atoms with Crippen molar-refractivity contribution in [1.82, 2.24) is 15.5 Å². The summed E-state index contributed by atoms with van der Waals surface area (Å²) in [6, 6.07) is 4.03. The van der Waals surface area contributed by atoms with E-state index in [1.807, 2.05) is 0 Å². The number of carbonyl (C=O) groups is 5. The molecule has 1 aromatic carbocycles. The Hall–Kier alpha value is -3.51. The van der Waals surface area contributed by atoms with Gasteiger partial charge in [-0.05, 0) is 31.7 Å². The molecular formula is C23H33N5O7. The molecule has 4 amide bonds. The van der Waals surface area contributed by atoms with Gasteiger partial charge >= 0.3 is 5.97 Å². The molecule has 1 aliphatic rings. The molecule has 8 N–H and O–H groups in total. The van der Waals surface area contributed by atoms with Gasteiger partial charge in [0.05, 0.1) is 12.1 Å². The fraction of sp³-hybridized carbons (Fsp3) is 0.522. The van der Waals surface area contributed by atoms with Crippen LogP contribution in [0, 0.1) is 0 Å². The molecule has 192 valence electrons. The Morgan fingerprint density at radius 1 is 1.14 bits per heavy atom. The van der Waals surface area contributed by atoms with Crippen molar-refractivity contribution in [2.45, 2.75) is 69.3 Å². The molecule has 0 saturated carbocycles. The summed E-state index contributed by atoms with van der Waals surface area (Å²) in [5, 5.41) is 24.5. The number of carboxylic acid groups (broad SMARTS) is 1. The van der Waals surface area contributed by atoms with E-state index in [-0.39, 0.29) is 25.8 Å². The Morgan fingerprint density at radius 3 is 2.37 bits per heavy atom. The smallest absolute Gasteiger partial charge is 0.326 e. The van der Waals surface area contributed by atoms with Gasteiger partial charge in [0.15, 0.2) is 0 Å². The lowest BCUT2D eigenvalue weighted by Gasteiger charge is -2.29. The molecular weight excluding hydrogens is 458 g/mol. The van der Waals surface area contributed by atoms with E-state index in [9.17, 15) is 34.2 Å². The van der Waals surface area contributed by atoms with Crippen molar-refractivity contribution < 1.29 is 34.2 Å².